The van der Waals surface area contributed by atoms with E-state index in [1.165, 1.54) is 0 Å². The van der Waals surface area contributed by atoms with Crippen LogP contribution in [0, 0.1) is 6.92 Å². The number of hydrogen-bond donors (Lipinski definition) is 1. The maximum absolute atomic E-state index is 12.5. The number of aromatic nitrogens is 1. The molecule has 1 amide bonds. The minimum Gasteiger partial charge on any atom is -0.321 e. The second-order valence-corrected chi connectivity index (χ2v) is 6.12. The summed E-state index contributed by atoms with van der Waals surface area (Å²) >= 11 is 12.0. The van der Waals surface area contributed by atoms with Gasteiger partial charge in [0.1, 0.15) is 0 Å². The lowest BCUT2D eigenvalue weighted by Gasteiger charge is -2.10. The first-order valence-electron chi connectivity index (χ1n) is 7.34. The Labute approximate surface area is 150 Å². The van der Waals surface area contributed by atoms with E-state index in [0.717, 1.165) is 11.3 Å². The molecule has 0 spiro atoms. The van der Waals surface area contributed by atoms with E-state index in [1.54, 1.807) is 24.3 Å². The molecule has 1 N–H and O–H groups in total. The number of carbonyl (C=O) groups excluding carboxylic acids is 1. The Kier molecular flexibility index (Phi) is 4.84. The number of nitrogens with one attached hydrogen (secondary N) is 1. The van der Waals surface area contributed by atoms with Crippen LogP contribution in [0.25, 0.3) is 11.3 Å². The van der Waals surface area contributed by atoms with E-state index < -0.39 is 0 Å². The first-order valence-corrected chi connectivity index (χ1v) is 8.09. The summed E-state index contributed by atoms with van der Waals surface area (Å²) in [5.41, 5.74) is 3.50. The lowest BCUT2D eigenvalue weighted by molar-refractivity contribution is 0.102. The molecule has 1 aromatic heterocycles. The summed E-state index contributed by atoms with van der Waals surface area (Å²) < 4.78 is 0. The molecule has 0 fully saturated rings. The molecule has 0 saturated heterocycles. The molecule has 24 heavy (non-hydrogen) atoms. The first-order chi connectivity index (χ1) is 11.5. The van der Waals surface area contributed by atoms with Gasteiger partial charge in [-0.1, -0.05) is 53.5 Å². The summed E-state index contributed by atoms with van der Waals surface area (Å²) in [6.45, 7) is 1.81. The summed E-state index contributed by atoms with van der Waals surface area (Å²) in [5.74, 6) is -0.260. The van der Waals surface area contributed by atoms with Gasteiger partial charge in [0.05, 0.1) is 27.7 Å². The molecule has 120 valence electrons. The fourth-order valence-corrected chi connectivity index (χ4v) is 2.81. The van der Waals surface area contributed by atoms with Crippen LogP contribution in [0.1, 0.15) is 16.1 Å². The summed E-state index contributed by atoms with van der Waals surface area (Å²) in [6, 6.07) is 18.4. The van der Waals surface area contributed by atoms with Crippen LogP contribution in [-0.4, -0.2) is 10.9 Å². The lowest BCUT2D eigenvalue weighted by Crippen LogP contribution is -2.14. The molecule has 0 unspecified atom stereocenters. The number of carbonyl (C=O) groups is 1. The van der Waals surface area contributed by atoms with E-state index in [4.69, 9.17) is 23.2 Å². The quantitative estimate of drug-likeness (QED) is 0.661. The van der Waals surface area contributed by atoms with E-state index in [9.17, 15) is 4.79 Å². The number of hydrogen-bond acceptors (Lipinski definition) is 2. The average molecular weight is 357 g/mol. The minimum absolute atomic E-state index is 0.260. The molecule has 3 nitrogen and oxygen atoms in total. The maximum atomic E-state index is 12.5. The molecule has 2 aromatic carbocycles. The molecule has 3 rings (SSSR count). The van der Waals surface area contributed by atoms with Crippen molar-refractivity contribution in [3.8, 4) is 11.3 Å². The average Bonchev–Trinajstić information content (AvgIpc) is 2.58. The van der Waals surface area contributed by atoms with Gasteiger partial charge in [0.25, 0.3) is 5.91 Å². The molecule has 0 bridgehead atoms. The SMILES string of the molecule is Cc1nc(-c2ccccc2)ccc1C(=O)Nc1ccc(Cl)cc1Cl. The smallest absolute Gasteiger partial charge is 0.257 e. The summed E-state index contributed by atoms with van der Waals surface area (Å²) in [4.78, 5) is 17.0. The van der Waals surface area contributed by atoms with Crippen LogP contribution in [0.15, 0.2) is 60.7 Å². The van der Waals surface area contributed by atoms with Gasteiger partial charge in [-0.15, -0.1) is 0 Å². The van der Waals surface area contributed by atoms with Gasteiger partial charge in [-0.05, 0) is 37.3 Å². The first kappa shape index (κ1) is 16.5. The summed E-state index contributed by atoms with van der Waals surface area (Å²) in [6.07, 6.45) is 0. The Morgan fingerprint density at radius 2 is 1.75 bits per heavy atom. The highest BCUT2D eigenvalue weighted by Gasteiger charge is 2.13. The van der Waals surface area contributed by atoms with Crippen molar-refractivity contribution in [3.05, 3.63) is 82.0 Å². The third-order valence-electron chi connectivity index (χ3n) is 3.58. The Bertz CT molecular complexity index is 895. The number of nitrogens with zero attached hydrogens (tertiary/aromatic N) is 1. The molecule has 0 atom stereocenters. The highest BCUT2D eigenvalue weighted by atomic mass is 35.5. The number of aryl methyl sites for hydroxylation is 1. The Balaban J connectivity index is 1.85. The van der Waals surface area contributed by atoms with Crippen LogP contribution in [0.5, 0.6) is 0 Å². The van der Waals surface area contributed by atoms with E-state index in [-0.39, 0.29) is 5.91 Å². The molecular formula is C19H14Cl2N2O. The van der Waals surface area contributed by atoms with Gasteiger partial charge in [-0.2, -0.15) is 0 Å². The van der Waals surface area contributed by atoms with Gasteiger partial charge in [0.15, 0.2) is 0 Å². The van der Waals surface area contributed by atoms with Crippen molar-refractivity contribution >= 4 is 34.8 Å². The highest BCUT2D eigenvalue weighted by molar-refractivity contribution is 6.36. The predicted molar refractivity (Wildman–Crippen MR) is 98.8 cm³/mol. The van der Waals surface area contributed by atoms with Crippen LogP contribution in [-0.2, 0) is 0 Å². The second-order valence-electron chi connectivity index (χ2n) is 5.27. The third-order valence-corrected chi connectivity index (χ3v) is 4.13. The third kappa shape index (κ3) is 3.58. The number of pyridine rings is 1. The highest BCUT2D eigenvalue weighted by Crippen LogP contribution is 2.26. The van der Waals surface area contributed by atoms with E-state index in [2.05, 4.69) is 10.3 Å². The Morgan fingerprint density at radius 1 is 1.00 bits per heavy atom. The van der Waals surface area contributed by atoms with Crippen molar-refractivity contribution in [3.63, 3.8) is 0 Å². The van der Waals surface area contributed by atoms with Crippen molar-refractivity contribution < 1.29 is 4.79 Å². The summed E-state index contributed by atoms with van der Waals surface area (Å²) in [7, 11) is 0. The molecule has 0 radical (unpaired) electrons. The van der Waals surface area contributed by atoms with Crippen molar-refractivity contribution in [2.75, 3.05) is 5.32 Å². The standard InChI is InChI=1S/C19H14Cl2N2O/c1-12-15(8-10-17(22-12)13-5-3-2-4-6-13)19(24)23-18-9-7-14(20)11-16(18)21/h2-11H,1H3,(H,23,24). The van der Waals surface area contributed by atoms with E-state index >= 15 is 0 Å². The van der Waals surface area contributed by atoms with Gasteiger partial charge in [0, 0.05) is 10.6 Å². The van der Waals surface area contributed by atoms with Gasteiger partial charge in [-0.25, -0.2) is 0 Å². The molecule has 0 aliphatic heterocycles. The van der Waals surface area contributed by atoms with E-state index in [1.807, 2.05) is 43.3 Å². The van der Waals surface area contributed by atoms with Crippen molar-refractivity contribution in [2.45, 2.75) is 6.92 Å². The summed E-state index contributed by atoms with van der Waals surface area (Å²) in [5, 5.41) is 3.69. The van der Waals surface area contributed by atoms with Crippen LogP contribution in [0.3, 0.4) is 0 Å². The van der Waals surface area contributed by atoms with Crippen LogP contribution in [0.2, 0.25) is 10.0 Å². The van der Waals surface area contributed by atoms with Crippen molar-refractivity contribution in [1.29, 1.82) is 0 Å². The number of rotatable bonds is 3. The number of benzene rings is 2. The largest absolute Gasteiger partial charge is 0.321 e. The van der Waals surface area contributed by atoms with Crippen molar-refractivity contribution in [1.82, 2.24) is 4.98 Å². The second kappa shape index (κ2) is 7.04. The molecule has 3 aromatic rings. The molecule has 0 aliphatic rings. The molecule has 1 heterocycles. The minimum atomic E-state index is -0.260. The van der Waals surface area contributed by atoms with Gasteiger partial charge in [0.2, 0.25) is 0 Å². The fourth-order valence-electron chi connectivity index (χ4n) is 2.35. The zero-order valence-corrected chi connectivity index (χ0v) is 14.4. The molecule has 0 saturated carbocycles. The van der Waals surface area contributed by atoms with Gasteiger partial charge in [-0.3, -0.25) is 9.78 Å². The number of halogens is 2. The van der Waals surface area contributed by atoms with E-state index in [0.29, 0.717) is 27.0 Å². The number of anilines is 1. The monoisotopic (exact) mass is 356 g/mol. The molecule has 0 aliphatic carbocycles. The van der Waals surface area contributed by atoms with Crippen LogP contribution >= 0.6 is 23.2 Å². The van der Waals surface area contributed by atoms with Crippen LogP contribution in [0.4, 0.5) is 5.69 Å². The lowest BCUT2D eigenvalue weighted by atomic mass is 10.1. The fraction of sp³-hybridized carbons (Fsp3) is 0.0526. The van der Waals surface area contributed by atoms with Crippen LogP contribution < -0.4 is 5.32 Å². The maximum Gasteiger partial charge on any atom is 0.257 e. The zero-order valence-electron chi connectivity index (χ0n) is 12.9. The number of amides is 1. The predicted octanol–water partition coefficient (Wildman–Crippen LogP) is 5.62. The normalized spacial score (nSPS) is 10.5. The zero-order chi connectivity index (χ0) is 17.1. The molecular weight excluding hydrogens is 343 g/mol. The molecule has 5 heteroatoms. The Hall–Kier alpha value is -2.36. The topological polar surface area (TPSA) is 42.0 Å². The van der Waals surface area contributed by atoms with Crippen molar-refractivity contribution in [2.24, 2.45) is 0 Å². The Morgan fingerprint density at radius 3 is 2.42 bits per heavy atom. The van der Waals surface area contributed by atoms with Gasteiger partial charge < -0.3 is 5.32 Å². The van der Waals surface area contributed by atoms with Gasteiger partial charge >= 0.3 is 0 Å².